The molecular formula is C14H16N2O4. The van der Waals surface area contributed by atoms with Crippen LogP contribution in [0.3, 0.4) is 0 Å². The number of hydrogen-bond donors (Lipinski definition) is 1. The van der Waals surface area contributed by atoms with E-state index in [1.807, 2.05) is 6.07 Å². The van der Waals surface area contributed by atoms with Crippen LogP contribution in [0.2, 0.25) is 0 Å². The van der Waals surface area contributed by atoms with Crippen LogP contribution in [0.25, 0.3) is 11.1 Å². The summed E-state index contributed by atoms with van der Waals surface area (Å²) >= 11 is 0. The zero-order valence-corrected chi connectivity index (χ0v) is 11.2. The average Bonchev–Trinajstić information content (AvgIpc) is 3.12. The number of nitrogens with zero attached hydrogens (tertiary/aromatic N) is 1. The molecule has 0 aliphatic carbocycles. The second-order valence-electron chi connectivity index (χ2n) is 4.72. The van der Waals surface area contributed by atoms with Gasteiger partial charge >= 0.3 is 0 Å². The van der Waals surface area contributed by atoms with E-state index in [2.05, 4.69) is 10.3 Å². The zero-order valence-electron chi connectivity index (χ0n) is 11.2. The van der Waals surface area contributed by atoms with E-state index in [0.29, 0.717) is 24.7 Å². The van der Waals surface area contributed by atoms with Crippen LogP contribution >= 0.6 is 0 Å². The third kappa shape index (κ3) is 2.60. The molecular weight excluding hydrogens is 260 g/mol. The van der Waals surface area contributed by atoms with Gasteiger partial charge < -0.3 is 19.2 Å². The smallest absolute Gasteiger partial charge is 0.225 e. The van der Waals surface area contributed by atoms with Crippen LogP contribution in [0.15, 0.2) is 22.6 Å². The van der Waals surface area contributed by atoms with Crippen LogP contribution in [0.4, 0.5) is 0 Å². The van der Waals surface area contributed by atoms with Crippen molar-refractivity contribution in [3.05, 3.63) is 24.1 Å². The fourth-order valence-corrected chi connectivity index (χ4v) is 2.21. The summed E-state index contributed by atoms with van der Waals surface area (Å²) < 4.78 is 15.9. The van der Waals surface area contributed by atoms with Crippen molar-refractivity contribution in [3.63, 3.8) is 0 Å². The molecule has 0 saturated carbocycles. The SMILES string of the molecule is COc1ccc2oc(CNC(=O)[C@H]3CCOC3)nc2c1. The van der Waals surface area contributed by atoms with Crippen molar-refractivity contribution in [1.29, 1.82) is 0 Å². The first-order chi connectivity index (χ1) is 9.76. The standard InChI is InChI=1S/C14H16N2O4/c1-18-10-2-3-12-11(6-10)16-13(20-12)7-15-14(17)9-4-5-19-8-9/h2-3,6,9H,4-5,7-8H2,1H3,(H,15,17)/t9-/m0/s1. The van der Waals surface area contributed by atoms with Gasteiger partial charge in [0.05, 0.1) is 26.2 Å². The molecule has 2 aromatic rings. The van der Waals surface area contributed by atoms with E-state index in [-0.39, 0.29) is 18.4 Å². The van der Waals surface area contributed by atoms with Crippen LogP contribution in [0, 0.1) is 5.92 Å². The highest BCUT2D eigenvalue weighted by atomic mass is 16.5. The van der Waals surface area contributed by atoms with Crippen molar-refractivity contribution in [2.24, 2.45) is 5.92 Å². The molecule has 1 saturated heterocycles. The molecule has 1 aliphatic heterocycles. The van der Waals surface area contributed by atoms with E-state index < -0.39 is 0 Å². The number of aromatic nitrogens is 1. The first kappa shape index (κ1) is 12.9. The van der Waals surface area contributed by atoms with E-state index in [0.717, 1.165) is 17.7 Å². The molecule has 0 bridgehead atoms. The second kappa shape index (κ2) is 5.50. The summed E-state index contributed by atoms with van der Waals surface area (Å²) in [6.07, 6.45) is 0.774. The number of carbonyl (C=O) groups excluding carboxylic acids is 1. The Labute approximate surface area is 116 Å². The van der Waals surface area contributed by atoms with E-state index in [4.69, 9.17) is 13.9 Å². The normalized spacial score (nSPS) is 18.4. The quantitative estimate of drug-likeness (QED) is 0.915. The van der Waals surface area contributed by atoms with Crippen LogP contribution in [-0.2, 0) is 16.1 Å². The maximum atomic E-state index is 11.9. The van der Waals surface area contributed by atoms with E-state index >= 15 is 0 Å². The number of carbonyl (C=O) groups is 1. The molecule has 0 unspecified atom stereocenters. The first-order valence-corrected chi connectivity index (χ1v) is 6.55. The molecule has 1 atom stereocenters. The third-order valence-electron chi connectivity index (χ3n) is 3.35. The lowest BCUT2D eigenvalue weighted by atomic mass is 10.1. The van der Waals surface area contributed by atoms with Crippen LogP contribution in [0.1, 0.15) is 12.3 Å². The Balaban J connectivity index is 1.66. The Morgan fingerprint density at radius 3 is 3.20 bits per heavy atom. The maximum Gasteiger partial charge on any atom is 0.225 e. The lowest BCUT2D eigenvalue weighted by Crippen LogP contribution is -2.30. The highest BCUT2D eigenvalue weighted by Crippen LogP contribution is 2.21. The van der Waals surface area contributed by atoms with E-state index in [1.54, 1.807) is 19.2 Å². The topological polar surface area (TPSA) is 73.6 Å². The minimum Gasteiger partial charge on any atom is -0.497 e. The van der Waals surface area contributed by atoms with Crippen LogP contribution < -0.4 is 10.1 Å². The summed E-state index contributed by atoms with van der Waals surface area (Å²) in [5.74, 6) is 1.15. The molecule has 1 aromatic heterocycles. The number of amides is 1. The van der Waals surface area contributed by atoms with Gasteiger partial charge in [0.2, 0.25) is 11.8 Å². The fourth-order valence-electron chi connectivity index (χ4n) is 2.21. The number of rotatable bonds is 4. The van der Waals surface area contributed by atoms with Gasteiger partial charge in [-0.2, -0.15) is 0 Å². The zero-order chi connectivity index (χ0) is 13.9. The predicted molar refractivity (Wildman–Crippen MR) is 71.3 cm³/mol. The van der Waals surface area contributed by atoms with Crippen molar-refractivity contribution in [2.45, 2.75) is 13.0 Å². The summed E-state index contributed by atoms with van der Waals surface area (Å²) in [7, 11) is 1.60. The molecule has 20 heavy (non-hydrogen) atoms. The highest BCUT2D eigenvalue weighted by molar-refractivity contribution is 5.79. The number of ether oxygens (including phenoxy) is 2. The molecule has 6 heteroatoms. The largest absolute Gasteiger partial charge is 0.497 e. The third-order valence-corrected chi connectivity index (χ3v) is 3.35. The summed E-state index contributed by atoms with van der Waals surface area (Å²) in [5, 5.41) is 2.82. The maximum absolute atomic E-state index is 11.9. The van der Waals surface area contributed by atoms with Crippen molar-refractivity contribution < 1.29 is 18.7 Å². The molecule has 6 nitrogen and oxygen atoms in total. The molecule has 106 valence electrons. The second-order valence-corrected chi connectivity index (χ2v) is 4.72. The molecule has 1 aliphatic rings. The Morgan fingerprint density at radius 2 is 2.45 bits per heavy atom. The van der Waals surface area contributed by atoms with Gasteiger partial charge in [-0.25, -0.2) is 4.98 Å². The Kier molecular flexibility index (Phi) is 3.56. The van der Waals surface area contributed by atoms with E-state index in [1.165, 1.54) is 0 Å². The Hall–Kier alpha value is -2.08. The van der Waals surface area contributed by atoms with Crippen molar-refractivity contribution >= 4 is 17.0 Å². The lowest BCUT2D eigenvalue weighted by molar-refractivity contribution is -0.125. The number of fused-ring (bicyclic) bond motifs is 1. The van der Waals surface area contributed by atoms with Crippen LogP contribution in [0.5, 0.6) is 5.75 Å². The van der Waals surface area contributed by atoms with Gasteiger partial charge in [0.25, 0.3) is 0 Å². The number of nitrogens with one attached hydrogen (secondary N) is 1. The lowest BCUT2D eigenvalue weighted by Gasteiger charge is -2.06. The fraction of sp³-hybridized carbons (Fsp3) is 0.429. The Bertz CT molecular complexity index is 617. The minimum atomic E-state index is -0.0560. The number of hydrogen-bond acceptors (Lipinski definition) is 5. The van der Waals surface area contributed by atoms with Crippen LogP contribution in [-0.4, -0.2) is 31.2 Å². The average molecular weight is 276 g/mol. The number of methoxy groups -OCH3 is 1. The summed E-state index contributed by atoms with van der Waals surface area (Å²) in [6, 6.07) is 5.41. The summed E-state index contributed by atoms with van der Waals surface area (Å²) in [6.45, 7) is 1.43. The van der Waals surface area contributed by atoms with Crippen molar-refractivity contribution in [3.8, 4) is 5.75 Å². The van der Waals surface area contributed by atoms with Gasteiger partial charge in [-0.3, -0.25) is 4.79 Å². The van der Waals surface area contributed by atoms with Gasteiger partial charge in [-0.05, 0) is 18.6 Å². The molecule has 1 fully saturated rings. The van der Waals surface area contributed by atoms with Gasteiger partial charge in [0, 0.05) is 12.7 Å². The number of oxazole rings is 1. The molecule has 3 rings (SSSR count). The molecule has 1 aromatic carbocycles. The van der Waals surface area contributed by atoms with E-state index in [9.17, 15) is 4.79 Å². The Morgan fingerprint density at radius 1 is 1.55 bits per heavy atom. The molecule has 1 amide bonds. The van der Waals surface area contributed by atoms with Gasteiger partial charge in [-0.15, -0.1) is 0 Å². The molecule has 0 radical (unpaired) electrons. The van der Waals surface area contributed by atoms with Crippen molar-refractivity contribution in [2.75, 3.05) is 20.3 Å². The van der Waals surface area contributed by atoms with Gasteiger partial charge in [0.1, 0.15) is 11.3 Å². The monoisotopic (exact) mass is 276 g/mol. The number of benzene rings is 1. The molecule has 0 spiro atoms. The van der Waals surface area contributed by atoms with Gasteiger partial charge in [0.15, 0.2) is 5.58 Å². The van der Waals surface area contributed by atoms with Gasteiger partial charge in [-0.1, -0.05) is 0 Å². The highest BCUT2D eigenvalue weighted by Gasteiger charge is 2.23. The molecule has 2 heterocycles. The first-order valence-electron chi connectivity index (χ1n) is 6.55. The summed E-state index contributed by atoms with van der Waals surface area (Å²) in [5.41, 5.74) is 1.40. The van der Waals surface area contributed by atoms with Crippen molar-refractivity contribution in [1.82, 2.24) is 10.3 Å². The minimum absolute atomic E-state index is 0.0117. The summed E-state index contributed by atoms with van der Waals surface area (Å²) in [4.78, 5) is 16.2. The predicted octanol–water partition coefficient (Wildman–Crippen LogP) is 1.49. The molecule has 1 N–H and O–H groups in total.